The Morgan fingerprint density at radius 2 is 2.20 bits per heavy atom. The Balaban J connectivity index is 2.48. The van der Waals surface area contributed by atoms with Gasteiger partial charge >= 0.3 is 6.03 Å². The van der Waals surface area contributed by atoms with Crippen molar-refractivity contribution in [2.24, 2.45) is 0 Å². The number of hydrogen-bond donors (Lipinski definition) is 0. The lowest BCUT2D eigenvalue weighted by atomic mass is 10.3. The summed E-state index contributed by atoms with van der Waals surface area (Å²) in [4.78, 5) is 16.5. The highest BCUT2D eigenvalue weighted by Gasteiger charge is 2.15. The van der Waals surface area contributed by atoms with Crippen molar-refractivity contribution in [1.29, 1.82) is 0 Å². The standard InChI is InChI=1S/C9H10N4O2/c1-12(15-2)9(14)13-8-6-4-3-5-7(8)10-11-13/h3-6H,1-2H3. The van der Waals surface area contributed by atoms with Crippen molar-refractivity contribution in [3.05, 3.63) is 24.3 Å². The van der Waals surface area contributed by atoms with Gasteiger partial charge in [-0.25, -0.2) is 9.86 Å². The maximum Gasteiger partial charge on any atom is 0.370 e. The highest BCUT2D eigenvalue weighted by atomic mass is 16.7. The maximum absolute atomic E-state index is 11.7. The molecule has 1 aromatic heterocycles. The third kappa shape index (κ3) is 1.55. The number of para-hydroxylation sites is 1. The van der Waals surface area contributed by atoms with Gasteiger partial charge in [-0.1, -0.05) is 17.3 Å². The third-order valence-electron chi connectivity index (χ3n) is 2.08. The largest absolute Gasteiger partial charge is 0.370 e. The number of nitrogens with zero attached hydrogens (tertiary/aromatic N) is 4. The fourth-order valence-corrected chi connectivity index (χ4v) is 1.22. The Kier molecular flexibility index (Phi) is 2.34. The molecule has 1 amide bonds. The average Bonchev–Trinajstić information content (AvgIpc) is 2.70. The first-order chi connectivity index (χ1) is 7.24. The van der Waals surface area contributed by atoms with Crippen LogP contribution in [0.1, 0.15) is 0 Å². The highest BCUT2D eigenvalue weighted by molar-refractivity contribution is 5.86. The molecule has 2 rings (SSSR count). The zero-order chi connectivity index (χ0) is 10.8. The van der Waals surface area contributed by atoms with Gasteiger partial charge in [0.15, 0.2) is 0 Å². The van der Waals surface area contributed by atoms with Crippen molar-refractivity contribution in [3.63, 3.8) is 0 Å². The first-order valence-corrected chi connectivity index (χ1v) is 4.36. The highest BCUT2D eigenvalue weighted by Crippen LogP contribution is 2.10. The van der Waals surface area contributed by atoms with E-state index in [1.165, 1.54) is 18.8 Å². The summed E-state index contributed by atoms with van der Waals surface area (Å²) in [5, 5.41) is 8.71. The second kappa shape index (κ2) is 3.66. The number of hydroxylamine groups is 2. The third-order valence-corrected chi connectivity index (χ3v) is 2.08. The molecule has 0 saturated carbocycles. The van der Waals surface area contributed by atoms with E-state index in [0.29, 0.717) is 11.0 Å². The molecule has 6 nitrogen and oxygen atoms in total. The van der Waals surface area contributed by atoms with Gasteiger partial charge in [0.2, 0.25) is 0 Å². The van der Waals surface area contributed by atoms with Gasteiger partial charge in [-0.05, 0) is 12.1 Å². The predicted octanol–water partition coefficient (Wildman–Crippen LogP) is 0.893. The van der Waals surface area contributed by atoms with Crippen LogP contribution in [0.25, 0.3) is 11.0 Å². The summed E-state index contributed by atoms with van der Waals surface area (Å²) in [6, 6.07) is 6.84. The van der Waals surface area contributed by atoms with E-state index in [1.807, 2.05) is 12.1 Å². The first-order valence-electron chi connectivity index (χ1n) is 4.36. The Hall–Kier alpha value is -1.95. The zero-order valence-electron chi connectivity index (χ0n) is 8.41. The van der Waals surface area contributed by atoms with Crippen LogP contribution >= 0.6 is 0 Å². The molecule has 0 fully saturated rings. The van der Waals surface area contributed by atoms with Crippen molar-refractivity contribution >= 4 is 17.1 Å². The maximum atomic E-state index is 11.7. The van der Waals surface area contributed by atoms with Gasteiger partial charge in [-0.3, -0.25) is 4.84 Å². The predicted molar refractivity (Wildman–Crippen MR) is 53.1 cm³/mol. The van der Waals surface area contributed by atoms with Gasteiger partial charge in [0.05, 0.1) is 12.6 Å². The first kappa shape index (κ1) is 9.60. The van der Waals surface area contributed by atoms with Crippen molar-refractivity contribution in [3.8, 4) is 0 Å². The summed E-state index contributed by atoms with van der Waals surface area (Å²) in [5.41, 5.74) is 1.33. The van der Waals surface area contributed by atoms with Gasteiger partial charge < -0.3 is 0 Å². The molecule has 0 bridgehead atoms. The lowest BCUT2D eigenvalue weighted by Gasteiger charge is -2.12. The summed E-state index contributed by atoms with van der Waals surface area (Å²) >= 11 is 0. The van der Waals surface area contributed by atoms with E-state index in [2.05, 4.69) is 10.3 Å². The number of carbonyl (C=O) groups excluding carboxylic acids is 1. The average molecular weight is 206 g/mol. The van der Waals surface area contributed by atoms with Gasteiger partial charge in [0, 0.05) is 7.05 Å². The molecule has 0 aliphatic rings. The molecule has 2 aromatic rings. The zero-order valence-corrected chi connectivity index (χ0v) is 8.41. The van der Waals surface area contributed by atoms with E-state index >= 15 is 0 Å². The molecule has 0 aliphatic carbocycles. The number of rotatable bonds is 1. The van der Waals surface area contributed by atoms with Crippen molar-refractivity contribution in [2.75, 3.05) is 14.2 Å². The van der Waals surface area contributed by atoms with E-state index in [-0.39, 0.29) is 6.03 Å². The molecule has 0 N–H and O–H groups in total. The molecule has 0 spiro atoms. The molecule has 0 radical (unpaired) electrons. The minimum atomic E-state index is -0.383. The number of amides is 1. The van der Waals surface area contributed by atoms with Crippen molar-refractivity contribution in [1.82, 2.24) is 20.1 Å². The molecule has 0 saturated heterocycles. The minimum Gasteiger partial charge on any atom is -0.273 e. The molecule has 0 aliphatic heterocycles. The number of aromatic nitrogens is 3. The van der Waals surface area contributed by atoms with Crippen LogP contribution in [-0.4, -0.2) is 40.2 Å². The Morgan fingerprint density at radius 1 is 1.47 bits per heavy atom. The van der Waals surface area contributed by atoms with Crippen molar-refractivity contribution in [2.45, 2.75) is 0 Å². The molecule has 1 aromatic carbocycles. The Labute approximate surface area is 86.0 Å². The van der Waals surface area contributed by atoms with Crippen LogP contribution in [0, 0.1) is 0 Å². The summed E-state index contributed by atoms with van der Waals surface area (Å²) in [6.45, 7) is 0. The number of benzene rings is 1. The van der Waals surface area contributed by atoms with E-state index < -0.39 is 0 Å². The summed E-state index contributed by atoms with van der Waals surface area (Å²) in [7, 11) is 2.93. The lowest BCUT2D eigenvalue weighted by molar-refractivity contribution is -0.0650. The second-order valence-electron chi connectivity index (χ2n) is 2.95. The number of fused-ring (bicyclic) bond motifs is 1. The van der Waals surface area contributed by atoms with E-state index in [4.69, 9.17) is 4.84 Å². The van der Waals surface area contributed by atoms with Gasteiger partial charge in [0.25, 0.3) is 0 Å². The summed E-state index contributed by atoms with van der Waals surface area (Å²) in [6.07, 6.45) is 0. The van der Waals surface area contributed by atoms with E-state index in [9.17, 15) is 4.79 Å². The Bertz CT molecular complexity index is 494. The van der Waals surface area contributed by atoms with Crippen molar-refractivity contribution < 1.29 is 9.63 Å². The molecular formula is C9H10N4O2. The molecule has 78 valence electrons. The molecular weight excluding hydrogens is 196 g/mol. The molecule has 0 unspecified atom stereocenters. The van der Waals surface area contributed by atoms with E-state index in [1.54, 1.807) is 12.1 Å². The fraction of sp³-hybridized carbons (Fsp3) is 0.222. The van der Waals surface area contributed by atoms with Gasteiger partial charge in [-0.2, -0.15) is 4.68 Å². The van der Waals surface area contributed by atoms with Gasteiger partial charge in [0.1, 0.15) is 5.52 Å². The molecule has 6 heteroatoms. The van der Waals surface area contributed by atoms with Crippen LogP contribution in [0.3, 0.4) is 0 Å². The summed E-state index contributed by atoms with van der Waals surface area (Å²) in [5.74, 6) is 0. The van der Waals surface area contributed by atoms with Crippen LogP contribution in [0.15, 0.2) is 24.3 Å². The number of carbonyl (C=O) groups is 1. The van der Waals surface area contributed by atoms with Gasteiger partial charge in [-0.15, -0.1) is 5.10 Å². The second-order valence-corrected chi connectivity index (χ2v) is 2.95. The van der Waals surface area contributed by atoms with Crippen LogP contribution < -0.4 is 0 Å². The SMILES string of the molecule is CON(C)C(=O)n1nnc2ccccc21. The number of hydrogen-bond acceptors (Lipinski definition) is 4. The summed E-state index contributed by atoms with van der Waals surface area (Å²) < 4.78 is 1.19. The van der Waals surface area contributed by atoms with Crippen LogP contribution in [0.4, 0.5) is 4.79 Å². The minimum absolute atomic E-state index is 0.383. The topological polar surface area (TPSA) is 60.2 Å². The smallest absolute Gasteiger partial charge is 0.273 e. The molecule has 15 heavy (non-hydrogen) atoms. The normalized spacial score (nSPS) is 10.5. The lowest BCUT2D eigenvalue weighted by Crippen LogP contribution is -2.30. The van der Waals surface area contributed by atoms with E-state index in [0.717, 1.165) is 5.06 Å². The monoisotopic (exact) mass is 206 g/mol. The Morgan fingerprint density at radius 3 is 2.93 bits per heavy atom. The van der Waals surface area contributed by atoms with Crippen LogP contribution in [-0.2, 0) is 4.84 Å². The molecule has 0 atom stereocenters. The quantitative estimate of drug-likeness (QED) is 0.650. The molecule has 1 heterocycles. The van der Waals surface area contributed by atoms with Crippen LogP contribution in [0.2, 0.25) is 0 Å². The van der Waals surface area contributed by atoms with Crippen LogP contribution in [0.5, 0.6) is 0 Å². The fourth-order valence-electron chi connectivity index (χ4n) is 1.22.